The molecule has 1 aliphatic rings. The number of methoxy groups -OCH3 is 1. The minimum atomic E-state index is -0.219. The largest absolute Gasteiger partial charge is 0.497 e. The first-order valence-corrected chi connectivity index (χ1v) is 8.25. The zero-order valence-electron chi connectivity index (χ0n) is 15.0. The van der Waals surface area contributed by atoms with Gasteiger partial charge in [-0.1, -0.05) is 0 Å². The molecule has 2 rings (SSSR count). The van der Waals surface area contributed by atoms with E-state index in [1.165, 1.54) is 0 Å². The summed E-state index contributed by atoms with van der Waals surface area (Å²) in [6.45, 7) is 8.96. The van der Waals surface area contributed by atoms with Crippen LogP contribution in [0.4, 0.5) is 0 Å². The predicted molar refractivity (Wildman–Crippen MR) is 93.2 cm³/mol. The van der Waals surface area contributed by atoms with Crippen molar-refractivity contribution >= 4 is 11.8 Å². The molecule has 0 atom stereocenters. The van der Waals surface area contributed by atoms with E-state index in [1.54, 1.807) is 31.4 Å². The number of nitrogens with zero attached hydrogens (tertiary/aromatic N) is 2. The van der Waals surface area contributed by atoms with Crippen LogP contribution in [0.2, 0.25) is 0 Å². The molecule has 1 aromatic rings. The number of carbonyl (C=O) groups is 2. The number of benzene rings is 1. The van der Waals surface area contributed by atoms with E-state index < -0.39 is 0 Å². The monoisotopic (exact) mass is 333 g/mol. The van der Waals surface area contributed by atoms with Gasteiger partial charge in [-0.25, -0.2) is 0 Å². The average molecular weight is 333 g/mol. The van der Waals surface area contributed by atoms with Gasteiger partial charge in [0.05, 0.1) is 13.7 Å². The molecular weight excluding hydrogens is 306 g/mol. The van der Waals surface area contributed by atoms with Gasteiger partial charge in [-0.15, -0.1) is 0 Å². The van der Waals surface area contributed by atoms with Gasteiger partial charge < -0.3 is 15.0 Å². The van der Waals surface area contributed by atoms with Crippen molar-refractivity contribution in [2.75, 3.05) is 39.8 Å². The van der Waals surface area contributed by atoms with Crippen molar-refractivity contribution < 1.29 is 14.3 Å². The summed E-state index contributed by atoms with van der Waals surface area (Å²) in [5.41, 5.74) is 0.443. The highest BCUT2D eigenvalue weighted by atomic mass is 16.5. The van der Waals surface area contributed by atoms with Gasteiger partial charge in [0.25, 0.3) is 5.91 Å². The van der Waals surface area contributed by atoms with E-state index in [0.717, 1.165) is 5.75 Å². The van der Waals surface area contributed by atoms with Crippen molar-refractivity contribution in [3.8, 4) is 5.75 Å². The van der Waals surface area contributed by atoms with Crippen LogP contribution in [-0.4, -0.2) is 67.0 Å². The molecule has 1 N–H and O–H groups in total. The molecule has 1 heterocycles. The third kappa shape index (κ3) is 5.23. The summed E-state index contributed by atoms with van der Waals surface area (Å²) in [6, 6.07) is 7.15. The van der Waals surface area contributed by atoms with Gasteiger partial charge in [0.1, 0.15) is 5.75 Å². The number of hydrogen-bond donors (Lipinski definition) is 1. The lowest BCUT2D eigenvalue weighted by Gasteiger charge is -2.35. The fourth-order valence-electron chi connectivity index (χ4n) is 2.69. The SMILES string of the molecule is COc1ccc(C(=O)N2CCN(CC(=O)NC(C)(C)C)CC2)cc1. The Labute approximate surface area is 143 Å². The zero-order chi connectivity index (χ0) is 17.7. The molecule has 6 nitrogen and oxygen atoms in total. The van der Waals surface area contributed by atoms with Gasteiger partial charge in [-0.05, 0) is 45.0 Å². The van der Waals surface area contributed by atoms with Crippen molar-refractivity contribution in [3.05, 3.63) is 29.8 Å². The number of rotatable bonds is 4. The van der Waals surface area contributed by atoms with Crippen molar-refractivity contribution in [1.82, 2.24) is 15.1 Å². The second kappa shape index (κ2) is 7.66. The smallest absolute Gasteiger partial charge is 0.253 e. The Balaban J connectivity index is 1.83. The van der Waals surface area contributed by atoms with E-state index in [9.17, 15) is 9.59 Å². The second-order valence-corrected chi connectivity index (χ2v) is 7.10. The van der Waals surface area contributed by atoms with Crippen molar-refractivity contribution in [1.29, 1.82) is 0 Å². The highest BCUT2D eigenvalue weighted by molar-refractivity contribution is 5.94. The van der Waals surface area contributed by atoms with Gasteiger partial charge in [0.15, 0.2) is 0 Å². The number of piperazine rings is 1. The van der Waals surface area contributed by atoms with Crippen LogP contribution in [0.25, 0.3) is 0 Å². The van der Waals surface area contributed by atoms with Crippen LogP contribution in [-0.2, 0) is 4.79 Å². The van der Waals surface area contributed by atoms with Gasteiger partial charge in [-0.3, -0.25) is 14.5 Å². The van der Waals surface area contributed by atoms with E-state index >= 15 is 0 Å². The number of nitrogens with one attached hydrogen (secondary N) is 1. The molecule has 132 valence electrons. The number of carbonyl (C=O) groups excluding carboxylic acids is 2. The fraction of sp³-hybridized carbons (Fsp3) is 0.556. The first-order valence-electron chi connectivity index (χ1n) is 8.25. The van der Waals surface area contributed by atoms with Crippen LogP contribution in [0.1, 0.15) is 31.1 Å². The topological polar surface area (TPSA) is 61.9 Å². The van der Waals surface area contributed by atoms with Crippen LogP contribution in [0.15, 0.2) is 24.3 Å². The van der Waals surface area contributed by atoms with E-state index in [1.807, 2.05) is 25.7 Å². The van der Waals surface area contributed by atoms with Gasteiger partial charge in [0, 0.05) is 37.3 Å². The number of hydrogen-bond acceptors (Lipinski definition) is 4. The molecular formula is C18H27N3O3. The van der Waals surface area contributed by atoms with Gasteiger partial charge >= 0.3 is 0 Å². The van der Waals surface area contributed by atoms with E-state index in [2.05, 4.69) is 10.2 Å². The lowest BCUT2D eigenvalue weighted by Crippen LogP contribution is -2.52. The Morgan fingerprint density at radius 3 is 2.17 bits per heavy atom. The molecule has 1 fully saturated rings. The lowest BCUT2D eigenvalue weighted by molar-refractivity contribution is -0.124. The molecule has 24 heavy (non-hydrogen) atoms. The zero-order valence-corrected chi connectivity index (χ0v) is 15.0. The maximum Gasteiger partial charge on any atom is 0.253 e. The van der Waals surface area contributed by atoms with Gasteiger partial charge in [0.2, 0.25) is 5.91 Å². The molecule has 0 spiro atoms. The van der Waals surface area contributed by atoms with Crippen LogP contribution in [0, 0.1) is 0 Å². The average Bonchev–Trinajstić information content (AvgIpc) is 2.53. The van der Waals surface area contributed by atoms with Crippen molar-refractivity contribution in [2.24, 2.45) is 0 Å². The van der Waals surface area contributed by atoms with Crippen molar-refractivity contribution in [2.45, 2.75) is 26.3 Å². The first kappa shape index (κ1) is 18.3. The summed E-state index contributed by atoms with van der Waals surface area (Å²) in [7, 11) is 1.60. The fourth-order valence-corrected chi connectivity index (χ4v) is 2.69. The standard InChI is InChI=1S/C18H27N3O3/c1-18(2,3)19-16(22)13-20-9-11-21(12-10-20)17(23)14-5-7-15(24-4)8-6-14/h5-8H,9-13H2,1-4H3,(H,19,22). The molecule has 0 unspecified atom stereocenters. The van der Waals surface area contributed by atoms with Crippen LogP contribution < -0.4 is 10.1 Å². The third-order valence-electron chi connectivity index (χ3n) is 3.88. The summed E-state index contributed by atoms with van der Waals surface area (Å²) in [4.78, 5) is 28.4. The molecule has 0 saturated carbocycles. The predicted octanol–water partition coefficient (Wildman–Crippen LogP) is 1.37. The highest BCUT2D eigenvalue weighted by Gasteiger charge is 2.24. The normalized spacial score (nSPS) is 15.9. The molecule has 0 bridgehead atoms. The Kier molecular flexibility index (Phi) is 5.83. The Morgan fingerprint density at radius 1 is 1.08 bits per heavy atom. The maximum atomic E-state index is 12.5. The molecule has 0 aromatic heterocycles. The molecule has 1 saturated heterocycles. The number of ether oxygens (including phenoxy) is 1. The molecule has 0 aliphatic carbocycles. The van der Waals surface area contributed by atoms with Crippen LogP contribution in [0.5, 0.6) is 5.75 Å². The van der Waals surface area contributed by atoms with Gasteiger partial charge in [-0.2, -0.15) is 0 Å². The summed E-state index contributed by atoms with van der Waals surface area (Å²) >= 11 is 0. The lowest BCUT2D eigenvalue weighted by atomic mass is 10.1. The molecule has 6 heteroatoms. The van der Waals surface area contributed by atoms with Crippen LogP contribution >= 0.6 is 0 Å². The summed E-state index contributed by atoms with van der Waals surface area (Å²) < 4.78 is 5.11. The minimum absolute atomic E-state index is 0.0245. The Morgan fingerprint density at radius 2 is 1.67 bits per heavy atom. The molecule has 0 radical (unpaired) electrons. The summed E-state index contributed by atoms with van der Waals surface area (Å²) in [5, 5.41) is 2.96. The van der Waals surface area contributed by atoms with E-state index in [-0.39, 0.29) is 17.4 Å². The maximum absolute atomic E-state index is 12.5. The quantitative estimate of drug-likeness (QED) is 0.904. The molecule has 1 aliphatic heterocycles. The van der Waals surface area contributed by atoms with E-state index in [0.29, 0.717) is 38.3 Å². The molecule has 1 aromatic carbocycles. The van der Waals surface area contributed by atoms with Crippen LogP contribution in [0.3, 0.4) is 0 Å². The van der Waals surface area contributed by atoms with E-state index in [4.69, 9.17) is 4.74 Å². The summed E-state index contributed by atoms with van der Waals surface area (Å²) in [5.74, 6) is 0.787. The summed E-state index contributed by atoms with van der Waals surface area (Å²) in [6.07, 6.45) is 0. The Bertz CT molecular complexity index is 570. The minimum Gasteiger partial charge on any atom is -0.497 e. The second-order valence-electron chi connectivity index (χ2n) is 7.10. The highest BCUT2D eigenvalue weighted by Crippen LogP contribution is 2.14. The number of amides is 2. The molecule has 2 amide bonds. The Hall–Kier alpha value is -2.08. The first-order chi connectivity index (χ1) is 11.3. The van der Waals surface area contributed by atoms with Crippen molar-refractivity contribution in [3.63, 3.8) is 0 Å². The third-order valence-corrected chi connectivity index (χ3v) is 3.88.